The van der Waals surface area contributed by atoms with Crippen LogP contribution < -0.4 is 0 Å². The van der Waals surface area contributed by atoms with Crippen LogP contribution in [0.2, 0.25) is 0 Å². The molecule has 1 aliphatic heterocycles. The molecule has 0 N–H and O–H groups in total. The highest BCUT2D eigenvalue weighted by Crippen LogP contribution is 2.29. The van der Waals surface area contributed by atoms with E-state index in [2.05, 4.69) is 38.7 Å². The Morgan fingerprint density at radius 3 is 2.20 bits per heavy atom. The summed E-state index contributed by atoms with van der Waals surface area (Å²) < 4.78 is 6.09. The third-order valence-corrected chi connectivity index (χ3v) is 3.56. The second kappa shape index (κ2) is 5.55. The van der Waals surface area contributed by atoms with Crippen molar-refractivity contribution in [1.82, 2.24) is 4.90 Å². The zero-order valence-corrected chi connectivity index (χ0v) is 12.9. The zero-order valence-electron chi connectivity index (χ0n) is 12.9. The van der Waals surface area contributed by atoms with Gasteiger partial charge in [-0.15, -0.1) is 0 Å². The largest absolute Gasteiger partial charge is 0.367 e. The summed E-state index contributed by atoms with van der Waals surface area (Å²) in [6, 6.07) is 12.5. The quantitative estimate of drug-likeness (QED) is 0.848. The van der Waals surface area contributed by atoms with Crippen molar-refractivity contribution in [2.45, 2.75) is 44.8 Å². The van der Waals surface area contributed by atoms with Crippen molar-refractivity contribution in [3.05, 3.63) is 35.9 Å². The molecule has 1 aromatic rings. The Balaban J connectivity index is 2.10. The number of rotatable bonds is 3. The van der Waals surface area contributed by atoms with Gasteiger partial charge in [0.15, 0.2) is 0 Å². The molecule has 0 saturated carbocycles. The number of ether oxygens (including phenoxy) is 1. The van der Waals surface area contributed by atoms with Crippen molar-refractivity contribution in [2.75, 3.05) is 19.6 Å². The Kier molecular flexibility index (Phi) is 4.17. The molecular formula is C17H24N2O. The fourth-order valence-corrected chi connectivity index (χ4v) is 3.24. The molecule has 1 aliphatic rings. The van der Waals surface area contributed by atoms with E-state index in [1.807, 2.05) is 30.3 Å². The summed E-state index contributed by atoms with van der Waals surface area (Å²) in [7, 11) is 0. The first kappa shape index (κ1) is 15.0. The van der Waals surface area contributed by atoms with Gasteiger partial charge in [0.1, 0.15) is 0 Å². The van der Waals surface area contributed by atoms with Crippen LogP contribution in [0.4, 0.5) is 0 Å². The average molecular weight is 272 g/mol. The van der Waals surface area contributed by atoms with Crippen LogP contribution in [-0.2, 0) is 4.74 Å². The highest BCUT2D eigenvalue weighted by molar-refractivity contribution is 5.25. The number of morpholine rings is 1. The number of nitriles is 1. The molecule has 0 bridgehead atoms. The molecule has 20 heavy (non-hydrogen) atoms. The predicted molar refractivity (Wildman–Crippen MR) is 80.5 cm³/mol. The summed E-state index contributed by atoms with van der Waals surface area (Å²) in [5.74, 6) is -0.0825. The fraction of sp³-hybridized carbons (Fsp3) is 0.588. The molecule has 108 valence electrons. The number of hydrogen-bond donors (Lipinski definition) is 0. The Labute approximate surface area is 122 Å². The Hall–Kier alpha value is -1.37. The monoisotopic (exact) mass is 272 g/mol. The summed E-state index contributed by atoms with van der Waals surface area (Å²) in [5, 5.41) is 9.46. The van der Waals surface area contributed by atoms with Gasteiger partial charge in [-0.3, -0.25) is 4.90 Å². The van der Waals surface area contributed by atoms with Crippen LogP contribution in [0, 0.1) is 11.3 Å². The van der Waals surface area contributed by atoms with Gasteiger partial charge >= 0.3 is 0 Å². The van der Waals surface area contributed by atoms with Crippen LogP contribution in [0.15, 0.2) is 30.3 Å². The SMILES string of the molecule is CC1(C)CN(CC(C#N)c2ccccc2)CC(C)(C)O1. The first-order valence-electron chi connectivity index (χ1n) is 7.18. The van der Waals surface area contributed by atoms with Gasteiger partial charge in [-0.2, -0.15) is 5.26 Å². The molecule has 0 amide bonds. The van der Waals surface area contributed by atoms with Crippen molar-refractivity contribution in [1.29, 1.82) is 5.26 Å². The normalized spacial score (nSPS) is 22.9. The molecule has 1 aromatic carbocycles. The maximum atomic E-state index is 9.46. The summed E-state index contributed by atoms with van der Waals surface area (Å²) in [4.78, 5) is 2.35. The molecule has 1 unspecified atom stereocenters. The first-order valence-corrected chi connectivity index (χ1v) is 7.18. The lowest BCUT2D eigenvalue weighted by atomic mass is 9.95. The smallest absolute Gasteiger partial charge is 0.0839 e. The molecular weight excluding hydrogens is 248 g/mol. The molecule has 3 heteroatoms. The van der Waals surface area contributed by atoms with Gasteiger partial charge in [-0.25, -0.2) is 0 Å². The summed E-state index contributed by atoms with van der Waals surface area (Å²) >= 11 is 0. The second-order valence-corrected chi connectivity index (χ2v) is 6.88. The van der Waals surface area contributed by atoms with Gasteiger partial charge in [0, 0.05) is 19.6 Å². The van der Waals surface area contributed by atoms with E-state index in [0.29, 0.717) is 0 Å². The molecule has 1 heterocycles. The molecule has 1 atom stereocenters. The van der Waals surface area contributed by atoms with Gasteiger partial charge in [-0.1, -0.05) is 30.3 Å². The highest BCUT2D eigenvalue weighted by atomic mass is 16.5. The molecule has 2 rings (SSSR count). The van der Waals surface area contributed by atoms with E-state index in [-0.39, 0.29) is 17.1 Å². The van der Waals surface area contributed by atoms with E-state index in [1.165, 1.54) is 0 Å². The van der Waals surface area contributed by atoms with Crippen molar-refractivity contribution in [3.8, 4) is 6.07 Å². The van der Waals surface area contributed by atoms with E-state index < -0.39 is 0 Å². The topological polar surface area (TPSA) is 36.3 Å². The molecule has 1 saturated heterocycles. The Morgan fingerprint density at radius 2 is 1.70 bits per heavy atom. The highest BCUT2D eigenvalue weighted by Gasteiger charge is 2.38. The van der Waals surface area contributed by atoms with Crippen LogP contribution in [0.3, 0.4) is 0 Å². The van der Waals surface area contributed by atoms with Crippen LogP contribution >= 0.6 is 0 Å². The molecule has 1 fully saturated rings. The maximum absolute atomic E-state index is 9.46. The van der Waals surface area contributed by atoms with Crippen molar-refractivity contribution in [3.63, 3.8) is 0 Å². The van der Waals surface area contributed by atoms with Gasteiger partial charge in [0.25, 0.3) is 0 Å². The van der Waals surface area contributed by atoms with E-state index in [0.717, 1.165) is 25.2 Å². The standard InChI is InChI=1S/C17H24N2O/c1-16(2)12-19(13-17(3,4)20-16)11-15(10-18)14-8-6-5-7-9-14/h5-9,15H,11-13H2,1-4H3. The summed E-state index contributed by atoms with van der Waals surface area (Å²) in [6.45, 7) is 10.9. The maximum Gasteiger partial charge on any atom is 0.0839 e. The molecule has 0 radical (unpaired) electrons. The number of benzene rings is 1. The summed E-state index contributed by atoms with van der Waals surface area (Å²) in [6.07, 6.45) is 0. The van der Waals surface area contributed by atoms with E-state index in [1.54, 1.807) is 0 Å². The minimum Gasteiger partial charge on any atom is -0.367 e. The first-order chi connectivity index (χ1) is 9.31. The van der Waals surface area contributed by atoms with E-state index in [9.17, 15) is 5.26 Å². The van der Waals surface area contributed by atoms with Gasteiger partial charge < -0.3 is 4.74 Å². The minimum atomic E-state index is -0.168. The zero-order chi connectivity index (χ0) is 14.8. The summed E-state index contributed by atoms with van der Waals surface area (Å²) in [5.41, 5.74) is 0.758. The third kappa shape index (κ3) is 3.82. The van der Waals surface area contributed by atoms with Crippen LogP contribution in [0.5, 0.6) is 0 Å². The number of nitrogens with zero attached hydrogens (tertiary/aromatic N) is 2. The molecule has 0 aliphatic carbocycles. The van der Waals surface area contributed by atoms with Crippen molar-refractivity contribution < 1.29 is 4.74 Å². The van der Waals surface area contributed by atoms with Crippen LogP contribution in [0.1, 0.15) is 39.2 Å². The number of hydrogen-bond acceptors (Lipinski definition) is 3. The average Bonchev–Trinajstić information content (AvgIpc) is 2.33. The van der Waals surface area contributed by atoms with E-state index >= 15 is 0 Å². The Bertz CT molecular complexity index is 471. The molecule has 0 aromatic heterocycles. The van der Waals surface area contributed by atoms with Crippen LogP contribution in [-0.4, -0.2) is 35.7 Å². The lowest BCUT2D eigenvalue weighted by Crippen LogP contribution is -2.57. The third-order valence-electron chi connectivity index (χ3n) is 3.56. The minimum absolute atomic E-state index is 0.0825. The van der Waals surface area contributed by atoms with Crippen molar-refractivity contribution >= 4 is 0 Å². The van der Waals surface area contributed by atoms with Gasteiger partial charge in [-0.05, 0) is 33.3 Å². The predicted octanol–water partition coefficient (Wildman–Crippen LogP) is 3.18. The Morgan fingerprint density at radius 1 is 1.15 bits per heavy atom. The fourth-order valence-electron chi connectivity index (χ4n) is 3.24. The van der Waals surface area contributed by atoms with Gasteiger partial charge in [0.05, 0.1) is 23.2 Å². The second-order valence-electron chi connectivity index (χ2n) is 6.88. The lowest BCUT2D eigenvalue weighted by Gasteiger charge is -2.47. The lowest BCUT2D eigenvalue weighted by molar-refractivity contribution is -0.180. The van der Waals surface area contributed by atoms with Crippen molar-refractivity contribution in [2.24, 2.45) is 0 Å². The molecule has 3 nitrogen and oxygen atoms in total. The van der Waals surface area contributed by atoms with Crippen LogP contribution in [0.25, 0.3) is 0 Å². The van der Waals surface area contributed by atoms with Gasteiger partial charge in [0.2, 0.25) is 0 Å². The van der Waals surface area contributed by atoms with E-state index in [4.69, 9.17) is 4.74 Å². The molecule has 0 spiro atoms.